The Balaban J connectivity index is 2.01. The second kappa shape index (κ2) is 5.31. The van der Waals surface area contributed by atoms with Crippen molar-refractivity contribution < 1.29 is 13.9 Å². The number of benzene rings is 1. The largest absolute Gasteiger partial charge is 0.494 e. The minimum absolute atomic E-state index is 0.0894. The lowest BCUT2D eigenvalue weighted by Crippen LogP contribution is -2.14. The van der Waals surface area contributed by atoms with Crippen LogP contribution in [0.15, 0.2) is 30.6 Å². The predicted molar refractivity (Wildman–Crippen MR) is 63.9 cm³/mol. The molecule has 2 rings (SSSR count). The molecule has 0 saturated heterocycles. The van der Waals surface area contributed by atoms with E-state index in [0.29, 0.717) is 11.3 Å². The molecule has 1 heterocycles. The van der Waals surface area contributed by atoms with E-state index in [1.165, 1.54) is 25.4 Å². The fourth-order valence-corrected chi connectivity index (χ4v) is 1.53. The Labute approximate surface area is 103 Å². The molecule has 0 bridgehead atoms. The van der Waals surface area contributed by atoms with Gasteiger partial charge in [0.15, 0.2) is 11.6 Å². The number of carbonyl (C=O) groups is 1. The topological polar surface area (TPSA) is 67.0 Å². The first-order chi connectivity index (χ1) is 8.69. The Kier molecular flexibility index (Phi) is 3.57. The fourth-order valence-electron chi connectivity index (χ4n) is 1.53. The average Bonchev–Trinajstić information content (AvgIpc) is 2.82. The van der Waals surface area contributed by atoms with Crippen LogP contribution in [0.5, 0.6) is 5.75 Å². The van der Waals surface area contributed by atoms with Crippen LogP contribution in [0.25, 0.3) is 0 Å². The smallest absolute Gasteiger partial charge is 0.228 e. The first-order valence-electron chi connectivity index (χ1n) is 5.30. The maximum absolute atomic E-state index is 13.4. The van der Waals surface area contributed by atoms with Gasteiger partial charge in [-0.2, -0.15) is 5.10 Å². The molecule has 0 spiro atoms. The lowest BCUT2D eigenvalue weighted by molar-refractivity contribution is -0.115. The van der Waals surface area contributed by atoms with Crippen molar-refractivity contribution in [3.05, 3.63) is 42.0 Å². The van der Waals surface area contributed by atoms with E-state index in [-0.39, 0.29) is 18.1 Å². The fraction of sp³-hybridized carbons (Fsp3) is 0.167. The highest BCUT2D eigenvalue weighted by molar-refractivity contribution is 5.91. The summed E-state index contributed by atoms with van der Waals surface area (Å²) in [5.41, 5.74) is 1.16. The number of aromatic amines is 1. The highest BCUT2D eigenvalue weighted by Gasteiger charge is 2.08. The second-order valence-electron chi connectivity index (χ2n) is 3.68. The van der Waals surface area contributed by atoms with Gasteiger partial charge in [0, 0.05) is 6.20 Å². The molecule has 0 aliphatic carbocycles. The molecule has 0 aliphatic heterocycles. The highest BCUT2D eigenvalue weighted by Crippen LogP contribution is 2.18. The number of hydrogen-bond acceptors (Lipinski definition) is 3. The molecule has 0 saturated carbocycles. The monoisotopic (exact) mass is 249 g/mol. The van der Waals surface area contributed by atoms with Crippen molar-refractivity contribution in [2.75, 3.05) is 12.4 Å². The third kappa shape index (κ3) is 2.85. The number of ether oxygens (including phenoxy) is 1. The first kappa shape index (κ1) is 12.1. The van der Waals surface area contributed by atoms with E-state index < -0.39 is 5.82 Å². The SMILES string of the molecule is COc1ccc(CC(=O)Nc2cn[nH]c2)cc1F. The lowest BCUT2D eigenvalue weighted by atomic mass is 10.1. The Bertz CT molecular complexity index is 540. The molecule has 94 valence electrons. The molecule has 2 N–H and O–H groups in total. The molecule has 0 fully saturated rings. The summed E-state index contributed by atoms with van der Waals surface area (Å²) >= 11 is 0. The van der Waals surface area contributed by atoms with Gasteiger partial charge in [-0.3, -0.25) is 9.89 Å². The van der Waals surface area contributed by atoms with Gasteiger partial charge in [-0.05, 0) is 17.7 Å². The Hall–Kier alpha value is -2.37. The molecule has 0 atom stereocenters. The Morgan fingerprint density at radius 3 is 3.00 bits per heavy atom. The zero-order chi connectivity index (χ0) is 13.0. The zero-order valence-corrected chi connectivity index (χ0v) is 9.74. The van der Waals surface area contributed by atoms with E-state index in [1.807, 2.05) is 0 Å². The van der Waals surface area contributed by atoms with Crippen molar-refractivity contribution in [1.82, 2.24) is 10.2 Å². The van der Waals surface area contributed by atoms with Gasteiger partial charge in [0.05, 0.1) is 25.4 Å². The summed E-state index contributed by atoms with van der Waals surface area (Å²) in [5, 5.41) is 8.92. The van der Waals surface area contributed by atoms with E-state index in [9.17, 15) is 9.18 Å². The lowest BCUT2D eigenvalue weighted by Gasteiger charge is -2.05. The molecule has 1 amide bonds. The van der Waals surface area contributed by atoms with Gasteiger partial charge in [-0.1, -0.05) is 6.07 Å². The van der Waals surface area contributed by atoms with Crippen LogP contribution in [0.3, 0.4) is 0 Å². The van der Waals surface area contributed by atoms with Gasteiger partial charge >= 0.3 is 0 Å². The summed E-state index contributed by atoms with van der Waals surface area (Å²) in [5.74, 6) is -0.555. The van der Waals surface area contributed by atoms with Gasteiger partial charge < -0.3 is 10.1 Å². The molecule has 18 heavy (non-hydrogen) atoms. The number of amides is 1. The van der Waals surface area contributed by atoms with Gasteiger partial charge in [-0.25, -0.2) is 4.39 Å². The van der Waals surface area contributed by atoms with Crippen molar-refractivity contribution in [3.8, 4) is 5.75 Å². The Morgan fingerprint density at radius 2 is 2.39 bits per heavy atom. The number of aromatic nitrogens is 2. The summed E-state index contributed by atoms with van der Waals surface area (Å²) in [4.78, 5) is 11.6. The average molecular weight is 249 g/mol. The number of nitrogens with zero attached hydrogens (tertiary/aromatic N) is 1. The normalized spacial score (nSPS) is 10.1. The number of hydrogen-bond donors (Lipinski definition) is 2. The number of halogens is 1. The summed E-state index contributed by atoms with van der Waals surface area (Å²) in [7, 11) is 1.39. The molecule has 0 aliphatic rings. The minimum atomic E-state index is -0.480. The zero-order valence-electron chi connectivity index (χ0n) is 9.74. The van der Waals surface area contributed by atoms with E-state index in [0.717, 1.165) is 0 Å². The number of nitrogens with one attached hydrogen (secondary N) is 2. The van der Waals surface area contributed by atoms with Crippen LogP contribution in [-0.4, -0.2) is 23.2 Å². The maximum Gasteiger partial charge on any atom is 0.228 e. The number of anilines is 1. The van der Waals surface area contributed by atoms with Crippen LogP contribution in [0, 0.1) is 5.82 Å². The number of H-pyrrole nitrogens is 1. The van der Waals surface area contributed by atoms with Crippen molar-refractivity contribution in [2.24, 2.45) is 0 Å². The summed E-state index contributed by atoms with van der Waals surface area (Å²) in [6.07, 6.45) is 3.14. The molecule has 5 nitrogen and oxygen atoms in total. The quantitative estimate of drug-likeness (QED) is 0.867. The molecule has 0 radical (unpaired) electrons. The highest BCUT2D eigenvalue weighted by atomic mass is 19.1. The Morgan fingerprint density at radius 1 is 1.56 bits per heavy atom. The standard InChI is InChI=1S/C12H12FN3O2/c1-18-11-3-2-8(4-10(11)13)5-12(17)16-9-6-14-15-7-9/h2-4,6-7H,5H2,1H3,(H,14,15)(H,16,17). The van der Waals surface area contributed by atoms with E-state index in [4.69, 9.17) is 4.74 Å². The second-order valence-corrected chi connectivity index (χ2v) is 3.68. The third-order valence-corrected chi connectivity index (χ3v) is 2.36. The first-order valence-corrected chi connectivity index (χ1v) is 5.30. The van der Waals surface area contributed by atoms with Crippen molar-refractivity contribution in [2.45, 2.75) is 6.42 Å². The van der Waals surface area contributed by atoms with E-state index in [2.05, 4.69) is 15.5 Å². The summed E-state index contributed by atoms with van der Waals surface area (Å²) in [6, 6.07) is 4.43. The molecule has 6 heteroatoms. The summed E-state index contributed by atoms with van der Waals surface area (Å²) in [6.45, 7) is 0. The van der Waals surface area contributed by atoms with Crippen LogP contribution < -0.4 is 10.1 Å². The van der Waals surface area contributed by atoms with Crippen molar-refractivity contribution in [1.29, 1.82) is 0 Å². The maximum atomic E-state index is 13.4. The molecular weight excluding hydrogens is 237 g/mol. The van der Waals surface area contributed by atoms with Crippen molar-refractivity contribution >= 4 is 11.6 Å². The molecule has 0 unspecified atom stereocenters. The number of carbonyl (C=O) groups excluding carboxylic acids is 1. The minimum Gasteiger partial charge on any atom is -0.494 e. The van der Waals surface area contributed by atoms with Gasteiger partial charge in [-0.15, -0.1) is 0 Å². The molecule has 1 aromatic carbocycles. The van der Waals surface area contributed by atoms with Crippen molar-refractivity contribution in [3.63, 3.8) is 0 Å². The number of rotatable bonds is 4. The van der Waals surface area contributed by atoms with Gasteiger partial charge in [0.25, 0.3) is 0 Å². The third-order valence-electron chi connectivity index (χ3n) is 2.36. The van der Waals surface area contributed by atoms with Gasteiger partial charge in [0.1, 0.15) is 0 Å². The number of methoxy groups -OCH3 is 1. The van der Waals surface area contributed by atoms with Crippen LogP contribution in [-0.2, 0) is 11.2 Å². The van der Waals surface area contributed by atoms with Crippen LogP contribution in [0.2, 0.25) is 0 Å². The molecular formula is C12H12FN3O2. The van der Waals surface area contributed by atoms with Gasteiger partial charge in [0.2, 0.25) is 5.91 Å². The molecule has 1 aromatic heterocycles. The van der Waals surface area contributed by atoms with Crippen LogP contribution >= 0.6 is 0 Å². The predicted octanol–water partition coefficient (Wildman–Crippen LogP) is 1.74. The van der Waals surface area contributed by atoms with E-state index >= 15 is 0 Å². The van der Waals surface area contributed by atoms with E-state index in [1.54, 1.807) is 12.3 Å². The molecule has 2 aromatic rings. The van der Waals surface area contributed by atoms with Crippen LogP contribution in [0.4, 0.5) is 10.1 Å². The van der Waals surface area contributed by atoms with Crippen LogP contribution in [0.1, 0.15) is 5.56 Å². The summed E-state index contributed by atoms with van der Waals surface area (Å²) < 4.78 is 18.2.